The minimum absolute atomic E-state index is 0.0482. The number of nitrogens with zero attached hydrogens (tertiary/aromatic N) is 6. The van der Waals surface area contributed by atoms with Gasteiger partial charge < -0.3 is 59.5 Å². The smallest absolute Gasteiger partial charge is 0.430 e. The molecule has 0 aliphatic carbocycles. The molecule has 4 aliphatic heterocycles. The van der Waals surface area contributed by atoms with Gasteiger partial charge in [0.25, 0.3) is 11.8 Å². The average Bonchev–Trinajstić information content (AvgIpc) is 0.844. The summed E-state index contributed by atoms with van der Waals surface area (Å²) in [6.07, 6.45) is -10.4. The second-order valence-electron chi connectivity index (χ2n) is 26.3. The van der Waals surface area contributed by atoms with Crippen LogP contribution in [0.2, 0.25) is 0 Å². The maximum Gasteiger partial charge on any atom is 0.430 e. The number of ether oxygens (including phenoxy) is 2. The van der Waals surface area contributed by atoms with Crippen LogP contribution in [-0.4, -0.2) is 211 Å². The zero-order valence-electron chi connectivity index (χ0n) is 56.2. The van der Waals surface area contributed by atoms with E-state index < -0.39 is 24.3 Å². The first-order chi connectivity index (χ1) is 45.4. The van der Waals surface area contributed by atoms with Gasteiger partial charge in [-0.2, -0.15) is 26.3 Å². The van der Waals surface area contributed by atoms with Crippen LogP contribution in [0.4, 0.5) is 26.3 Å². The number of carbonyl (C=O) groups excluding carboxylic acids is 4. The Balaban J connectivity index is 0.000000226. The molecule has 520 valence electrons. The van der Waals surface area contributed by atoms with Crippen LogP contribution in [0, 0.1) is 0 Å². The Kier molecular flexibility index (Phi) is 27.4. The predicted octanol–water partition coefficient (Wildman–Crippen LogP) is 6.55. The van der Waals surface area contributed by atoms with E-state index in [0.717, 1.165) is 172 Å². The molecule has 4 saturated heterocycles. The highest BCUT2D eigenvalue weighted by atomic mass is 19.4. The van der Waals surface area contributed by atoms with Gasteiger partial charge in [-0.1, -0.05) is 72.8 Å². The number of carbonyl (C=O) groups is 4. The molecular weight excluding hydrogens is 1250 g/mol. The second-order valence-corrected chi connectivity index (χ2v) is 26.3. The van der Waals surface area contributed by atoms with Crippen molar-refractivity contribution in [3.05, 3.63) is 178 Å². The highest BCUT2D eigenvalue weighted by molar-refractivity contribution is 5.95. The van der Waals surface area contributed by atoms with Crippen molar-refractivity contribution in [2.24, 2.45) is 0 Å². The summed E-state index contributed by atoms with van der Waals surface area (Å²) in [4.78, 5) is 53.8. The number of methoxy groups -OCH3 is 2. The number of rotatable bonds is 18. The van der Waals surface area contributed by atoms with Crippen LogP contribution in [0.15, 0.2) is 133 Å². The third-order valence-corrected chi connectivity index (χ3v) is 17.4. The van der Waals surface area contributed by atoms with Gasteiger partial charge in [-0.3, -0.25) is 29.2 Å². The molecule has 4 N–H and O–H groups in total. The lowest BCUT2D eigenvalue weighted by molar-refractivity contribution is -0.894. The third-order valence-electron chi connectivity index (χ3n) is 17.4. The molecule has 10 rings (SSSR count). The van der Waals surface area contributed by atoms with Gasteiger partial charge in [-0.15, -0.1) is 0 Å². The molecule has 2 amide bonds. The van der Waals surface area contributed by atoms with Crippen LogP contribution in [-0.2, 0) is 48.9 Å². The number of hydrogen-bond donors (Lipinski definition) is 4. The first-order valence-electron chi connectivity index (χ1n) is 32.3. The molecule has 0 radical (unpaired) electrons. The molecule has 6 aromatic rings. The number of carboxylic acids is 2. The number of amides is 2. The van der Waals surface area contributed by atoms with Gasteiger partial charge in [0, 0.05) is 139 Å². The van der Waals surface area contributed by atoms with Gasteiger partial charge >= 0.3 is 12.4 Å². The fourth-order valence-electron chi connectivity index (χ4n) is 11.8. The van der Waals surface area contributed by atoms with E-state index in [9.17, 15) is 35.9 Å². The Morgan fingerprint density at radius 2 is 0.792 bits per heavy atom. The van der Waals surface area contributed by atoms with E-state index in [1.165, 1.54) is 22.3 Å². The molecule has 2 atom stereocenters. The Hall–Kier alpha value is -7.94. The van der Waals surface area contributed by atoms with Gasteiger partial charge in [0.15, 0.2) is 0 Å². The van der Waals surface area contributed by atoms with Crippen molar-refractivity contribution in [2.45, 2.75) is 77.6 Å². The topological polar surface area (TPSA) is 194 Å². The first kappa shape index (κ1) is 75.4. The van der Waals surface area contributed by atoms with Crippen molar-refractivity contribution in [3.8, 4) is 33.8 Å². The lowest BCUT2D eigenvalue weighted by Gasteiger charge is -2.39. The van der Waals surface area contributed by atoms with Crippen LogP contribution in [0.5, 0.6) is 11.5 Å². The summed E-state index contributed by atoms with van der Waals surface area (Å²) in [6, 6.07) is 46.9. The normalized spacial score (nSPS) is 18.4. The van der Waals surface area contributed by atoms with E-state index in [1.807, 2.05) is 60.7 Å². The molecule has 18 nitrogen and oxygen atoms in total. The Morgan fingerprint density at radius 3 is 1.11 bits per heavy atom. The number of nitrogens with one attached hydrogen (secondary N) is 4. The standard InChI is InChI=1S/2C34H45N5O2.2C2HF3O2/c2*1-26-23-38(14-13-35-26)25-28-7-5-9-30(19-28)32-21-27(11-12-33(32)41-4)22-36-34(40)31-10-6-8-29(20-31)24-37-15-17-39(2,3)18-16-37;2*3-2(4,5)1(6)7/h2*5-12,19-21,26,35H,13-18,22-25H2,1-4H3;2*(H,6,7)/t2*26-;;/m00../s1. The highest BCUT2D eigenvalue weighted by Crippen LogP contribution is 2.34. The van der Waals surface area contributed by atoms with Gasteiger partial charge in [0.05, 0.1) is 68.6 Å². The number of likely N-dealkylation sites (N-methyl/N-ethyl adjacent to an activating group) is 2. The van der Waals surface area contributed by atoms with Crippen LogP contribution >= 0.6 is 0 Å². The van der Waals surface area contributed by atoms with Crippen molar-refractivity contribution in [1.29, 1.82) is 0 Å². The van der Waals surface area contributed by atoms with Crippen molar-refractivity contribution in [3.63, 3.8) is 0 Å². The molecule has 6 aromatic carbocycles. The molecule has 0 bridgehead atoms. The molecule has 0 unspecified atom stereocenters. The Labute approximate surface area is 559 Å². The fourth-order valence-corrected chi connectivity index (χ4v) is 11.8. The minimum Gasteiger partial charge on any atom is -0.542 e. The van der Waals surface area contributed by atoms with Crippen molar-refractivity contribution in [1.82, 2.24) is 40.9 Å². The third kappa shape index (κ3) is 24.3. The largest absolute Gasteiger partial charge is 0.542 e. The van der Waals surface area contributed by atoms with Crippen molar-refractivity contribution < 1.29 is 74.2 Å². The van der Waals surface area contributed by atoms with E-state index in [1.54, 1.807) is 14.2 Å². The molecule has 4 aliphatic rings. The molecule has 0 spiro atoms. The summed E-state index contributed by atoms with van der Waals surface area (Å²) in [7, 11) is 12.6. The molecular formula is C72H92F6N10O8. The van der Waals surface area contributed by atoms with Gasteiger partial charge in [0.2, 0.25) is 0 Å². The average molecular weight is 1340 g/mol. The summed E-state index contributed by atoms with van der Waals surface area (Å²) in [5.74, 6) is -4.44. The lowest BCUT2D eigenvalue weighted by Crippen LogP contribution is -2.54. The number of carboxylic acid groups (broad SMARTS) is 2. The quantitative estimate of drug-likeness (QED) is 0.0535. The molecule has 96 heavy (non-hydrogen) atoms. The van der Waals surface area contributed by atoms with Crippen LogP contribution in [0.1, 0.15) is 67.9 Å². The molecule has 0 aromatic heterocycles. The van der Waals surface area contributed by atoms with E-state index >= 15 is 0 Å². The van der Waals surface area contributed by atoms with Crippen LogP contribution in [0.3, 0.4) is 0 Å². The number of alkyl halides is 6. The number of hydrogen-bond acceptors (Lipinski definition) is 14. The van der Waals surface area contributed by atoms with Crippen LogP contribution in [0.25, 0.3) is 22.3 Å². The van der Waals surface area contributed by atoms with Crippen molar-refractivity contribution >= 4 is 23.8 Å². The zero-order valence-corrected chi connectivity index (χ0v) is 56.2. The number of piperazine rings is 4. The van der Waals surface area contributed by atoms with E-state index in [2.05, 4.69) is 156 Å². The number of benzene rings is 6. The monoisotopic (exact) mass is 1340 g/mol. The van der Waals surface area contributed by atoms with Crippen LogP contribution < -0.4 is 41.0 Å². The maximum atomic E-state index is 13.1. The molecule has 4 heterocycles. The lowest BCUT2D eigenvalue weighted by atomic mass is 9.99. The Bertz CT molecular complexity index is 3300. The minimum atomic E-state index is -5.19. The summed E-state index contributed by atoms with van der Waals surface area (Å²) < 4.78 is 76.7. The molecule has 4 fully saturated rings. The number of aliphatic carboxylic acids is 2. The van der Waals surface area contributed by atoms with E-state index in [-0.39, 0.29) is 11.8 Å². The molecule has 24 heteroatoms. The summed E-state index contributed by atoms with van der Waals surface area (Å²) >= 11 is 0. The number of quaternary nitrogens is 2. The van der Waals surface area contributed by atoms with Crippen molar-refractivity contribution in [2.75, 3.05) is 134 Å². The van der Waals surface area contributed by atoms with E-state index in [0.29, 0.717) is 36.3 Å². The summed E-state index contributed by atoms with van der Waals surface area (Å²) in [5, 5.41) is 30.9. The number of halogens is 6. The fraction of sp³-hybridized carbons (Fsp3) is 0.444. The zero-order chi connectivity index (χ0) is 69.8. The maximum absolute atomic E-state index is 13.1. The SMILES string of the molecule is COc1ccc(CNC(=O)c2cccc(CN3CC[N+](C)(C)CC3)c2)cc1-c1cccc(CN2CCN[C@@H](C)C2)c1.COc1ccc(CNC(=O)c2cccc(CN3CC[N+](C)(C)CC3)c2)cc1-c1cccc(CN2CCN[C@@H](C)C2)c1.O=C([O-])C(F)(F)F.O=C([O-])C(F)(F)F. The van der Waals surface area contributed by atoms with Gasteiger partial charge in [-0.05, 0) is 119 Å². The first-order valence-corrected chi connectivity index (χ1v) is 32.3. The van der Waals surface area contributed by atoms with E-state index in [4.69, 9.17) is 29.3 Å². The predicted molar refractivity (Wildman–Crippen MR) is 354 cm³/mol. The Morgan fingerprint density at radius 1 is 0.469 bits per heavy atom. The molecule has 0 saturated carbocycles. The van der Waals surface area contributed by atoms with Gasteiger partial charge in [0.1, 0.15) is 23.4 Å². The highest BCUT2D eigenvalue weighted by Gasteiger charge is 2.30. The van der Waals surface area contributed by atoms with Gasteiger partial charge in [-0.25, -0.2) is 0 Å². The summed E-state index contributed by atoms with van der Waals surface area (Å²) in [6.45, 7) is 24.3. The second kappa shape index (κ2) is 34.8. The summed E-state index contributed by atoms with van der Waals surface area (Å²) in [5.41, 5.74) is 12.8.